The maximum Gasteiger partial charge on any atom is 0.332 e. The van der Waals surface area contributed by atoms with E-state index < -0.39 is 11.5 Å². The monoisotopic (exact) mass is 1020 g/mol. The number of benzene rings is 2. The van der Waals surface area contributed by atoms with Crippen molar-refractivity contribution in [1.82, 2.24) is 18.7 Å². The maximum atomic E-state index is 14.6. The van der Waals surface area contributed by atoms with Crippen LogP contribution in [0.2, 0.25) is 0 Å². The summed E-state index contributed by atoms with van der Waals surface area (Å²) >= 11 is 0. The summed E-state index contributed by atoms with van der Waals surface area (Å²) in [4.78, 5) is 60.5. The van der Waals surface area contributed by atoms with Crippen LogP contribution >= 0.6 is 0 Å². The van der Waals surface area contributed by atoms with E-state index in [2.05, 4.69) is 0 Å². The van der Waals surface area contributed by atoms with Gasteiger partial charge in [0.15, 0.2) is 16.9 Å². The number of carbonyl (C=O) groups excluding carboxylic acids is 2. The van der Waals surface area contributed by atoms with Gasteiger partial charge in [-0.3, -0.25) is 18.7 Å². The highest BCUT2D eigenvalue weighted by atomic mass is 16.6. The molecule has 2 aliphatic carbocycles. The number of hydrogen-bond donors (Lipinski definition) is 0. The van der Waals surface area contributed by atoms with Crippen molar-refractivity contribution >= 4 is 29.0 Å². The quantitative estimate of drug-likeness (QED) is 0.0209. The van der Waals surface area contributed by atoms with Crippen LogP contribution in [0.15, 0.2) is 70.3 Å². The fourth-order valence-corrected chi connectivity index (χ4v) is 9.05. The van der Waals surface area contributed by atoms with E-state index in [1.165, 1.54) is 23.5 Å². The molecule has 4 aromatic rings. The summed E-state index contributed by atoms with van der Waals surface area (Å²) in [6, 6.07) is 16.4. The van der Waals surface area contributed by atoms with E-state index in [1.807, 2.05) is 42.5 Å². The third kappa shape index (κ3) is 20.1. The van der Waals surface area contributed by atoms with Gasteiger partial charge in [-0.25, -0.2) is 14.6 Å². The lowest BCUT2D eigenvalue weighted by molar-refractivity contribution is -0.139. The Kier molecular flexibility index (Phi) is 26.6. The van der Waals surface area contributed by atoms with Crippen LogP contribution in [0.5, 0.6) is 0 Å². The number of imidazole rings is 1. The van der Waals surface area contributed by atoms with Gasteiger partial charge in [0.05, 0.1) is 119 Å². The molecular formula is C55H78N4O14. The molecule has 2 aromatic heterocycles. The minimum absolute atomic E-state index is 0.0820. The number of nitrogens with zero attached hydrogens (tertiary/aromatic N) is 4. The molecule has 0 N–H and O–H groups in total. The van der Waals surface area contributed by atoms with Crippen LogP contribution in [0.1, 0.15) is 80.1 Å². The van der Waals surface area contributed by atoms with Crippen molar-refractivity contribution in [2.24, 2.45) is 11.8 Å². The lowest BCUT2D eigenvalue weighted by atomic mass is 9.89. The van der Waals surface area contributed by atoms with E-state index >= 15 is 0 Å². The zero-order valence-corrected chi connectivity index (χ0v) is 42.9. The lowest BCUT2D eigenvalue weighted by Crippen LogP contribution is -2.43. The fraction of sp³-hybridized carbons (Fsp3) is 0.618. The van der Waals surface area contributed by atoms with E-state index in [9.17, 15) is 19.2 Å². The summed E-state index contributed by atoms with van der Waals surface area (Å²) in [5.41, 5.74) is 1.77. The summed E-state index contributed by atoms with van der Waals surface area (Å²) in [6.07, 6.45) is 13.7. The largest absolute Gasteiger partial charge is 0.460 e. The van der Waals surface area contributed by atoms with Gasteiger partial charge in [0.1, 0.15) is 12.4 Å². The Morgan fingerprint density at radius 3 is 1.48 bits per heavy atom. The van der Waals surface area contributed by atoms with Crippen LogP contribution in [0.4, 0.5) is 0 Å². The third-order valence-corrected chi connectivity index (χ3v) is 12.9. The standard InChI is InChI=1S/C55H78N4O14/c1-64-23-24-65-25-26-66-27-28-67-29-30-68-31-32-69-33-34-70-35-36-71-37-38-72-39-40-73-50(61)22-19-44-17-20-48(21-18-44)52-56-53-51(57(52)43-49(60)47-15-9-4-10-16-47)54(62)59(42-46-13-7-3-8-14-46)55(63)58(53)41-45-11-5-2-6-12-45/h4,9-10,15-22,45-46H,2-3,5-8,11-14,23-43H2,1H3. The molecule has 0 aliphatic heterocycles. The predicted octanol–water partition coefficient (Wildman–Crippen LogP) is 6.41. The number of carbonyl (C=O) groups is 2. The van der Waals surface area contributed by atoms with Crippen LogP contribution in [0.25, 0.3) is 28.6 Å². The Bertz CT molecular complexity index is 2340. The van der Waals surface area contributed by atoms with Gasteiger partial charge in [0.25, 0.3) is 5.56 Å². The number of Topliss-reactive ketones (excluding diaryl/α,β-unsaturated/α-hetero) is 1. The first-order valence-electron chi connectivity index (χ1n) is 26.3. The van der Waals surface area contributed by atoms with Crippen molar-refractivity contribution in [1.29, 1.82) is 0 Å². The highest BCUT2D eigenvalue weighted by molar-refractivity contribution is 5.97. The number of rotatable bonds is 37. The molecule has 2 aromatic carbocycles. The smallest absolute Gasteiger partial charge is 0.332 e. The molecule has 18 nitrogen and oxygen atoms in total. The van der Waals surface area contributed by atoms with Crippen molar-refractivity contribution in [3.63, 3.8) is 0 Å². The summed E-state index contributed by atoms with van der Waals surface area (Å²) in [7, 11) is 1.64. The van der Waals surface area contributed by atoms with Gasteiger partial charge in [0.2, 0.25) is 0 Å². The first-order chi connectivity index (χ1) is 35.9. The number of ketones is 1. The molecule has 2 aliphatic rings. The van der Waals surface area contributed by atoms with Crippen LogP contribution in [0.3, 0.4) is 0 Å². The third-order valence-electron chi connectivity index (χ3n) is 12.9. The van der Waals surface area contributed by atoms with Crippen LogP contribution in [-0.4, -0.2) is 156 Å². The van der Waals surface area contributed by atoms with E-state index in [4.69, 9.17) is 52.4 Å². The van der Waals surface area contributed by atoms with Gasteiger partial charge in [0, 0.05) is 37.4 Å². The summed E-state index contributed by atoms with van der Waals surface area (Å²) in [6.45, 7) is 8.60. The van der Waals surface area contributed by atoms with E-state index in [0.717, 1.165) is 56.9 Å². The highest BCUT2D eigenvalue weighted by Crippen LogP contribution is 2.29. The average Bonchev–Trinajstić information content (AvgIpc) is 3.79. The van der Waals surface area contributed by atoms with E-state index in [0.29, 0.717) is 147 Å². The molecule has 0 atom stereocenters. The molecule has 18 heteroatoms. The second-order valence-corrected chi connectivity index (χ2v) is 18.3. The van der Waals surface area contributed by atoms with Gasteiger partial charge < -0.3 is 51.9 Å². The summed E-state index contributed by atoms with van der Waals surface area (Å²) < 4.78 is 58.9. The molecule has 0 unspecified atom stereocenters. The van der Waals surface area contributed by atoms with Crippen molar-refractivity contribution in [2.75, 3.05) is 126 Å². The zero-order valence-electron chi connectivity index (χ0n) is 42.9. The van der Waals surface area contributed by atoms with Crippen molar-refractivity contribution < 1.29 is 57.0 Å². The van der Waals surface area contributed by atoms with Gasteiger partial charge in [-0.15, -0.1) is 0 Å². The van der Waals surface area contributed by atoms with Gasteiger partial charge in [-0.1, -0.05) is 93.1 Å². The first kappa shape index (κ1) is 57.4. The number of fused-ring (bicyclic) bond motifs is 1. The number of aromatic nitrogens is 4. The molecule has 0 spiro atoms. The van der Waals surface area contributed by atoms with Gasteiger partial charge in [-0.2, -0.15) is 0 Å². The number of ether oxygens (including phenoxy) is 10. The Morgan fingerprint density at radius 1 is 0.548 bits per heavy atom. The molecule has 0 amide bonds. The van der Waals surface area contributed by atoms with Gasteiger partial charge in [-0.05, 0) is 49.2 Å². The molecule has 2 saturated carbocycles. The number of methoxy groups -OCH3 is 1. The second kappa shape index (κ2) is 33.8. The molecule has 2 heterocycles. The normalized spacial score (nSPS) is 14.7. The molecule has 0 bridgehead atoms. The SMILES string of the molecule is COCCOCCOCCOCCOCCOCCOCCOCCOCCOC(=O)C=Cc1ccc(-c2nc3c(c(=O)n(CC4CCCCC4)c(=O)n3CC3CCCCC3)n2CC(=O)c2ccccc2)cc1. The van der Waals surface area contributed by atoms with Crippen LogP contribution in [-0.2, 0) is 71.8 Å². The summed E-state index contributed by atoms with van der Waals surface area (Å²) in [5, 5.41) is 0. The van der Waals surface area contributed by atoms with Gasteiger partial charge >= 0.3 is 11.7 Å². The molecule has 0 saturated heterocycles. The molecule has 6 rings (SSSR count). The molecule has 0 radical (unpaired) electrons. The van der Waals surface area contributed by atoms with E-state index in [-0.39, 0.29) is 42.7 Å². The molecule has 73 heavy (non-hydrogen) atoms. The Hall–Kier alpha value is -4.89. The van der Waals surface area contributed by atoms with E-state index in [1.54, 1.807) is 34.5 Å². The number of hydrogen-bond acceptors (Lipinski definition) is 15. The Labute approximate surface area is 429 Å². The van der Waals surface area contributed by atoms with Crippen molar-refractivity contribution in [2.45, 2.75) is 83.8 Å². The Balaban J connectivity index is 0.899. The fourth-order valence-electron chi connectivity index (χ4n) is 9.05. The lowest BCUT2D eigenvalue weighted by Gasteiger charge is -2.25. The topological polar surface area (TPSA) is 188 Å². The average molecular weight is 1020 g/mol. The summed E-state index contributed by atoms with van der Waals surface area (Å²) in [5.74, 6) is 0.272. The second-order valence-electron chi connectivity index (χ2n) is 18.3. The van der Waals surface area contributed by atoms with Crippen LogP contribution < -0.4 is 11.2 Å². The first-order valence-corrected chi connectivity index (χ1v) is 26.3. The molecular weight excluding hydrogens is 941 g/mol. The Morgan fingerprint density at radius 2 is 1.00 bits per heavy atom. The molecule has 2 fully saturated rings. The minimum atomic E-state index is -0.515. The molecule has 402 valence electrons. The minimum Gasteiger partial charge on any atom is -0.460 e. The maximum absolute atomic E-state index is 14.6. The zero-order chi connectivity index (χ0) is 51.1. The highest BCUT2D eigenvalue weighted by Gasteiger charge is 2.27. The predicted molar refractivity (Wildman–Crippen MR) is 276 cm³/mol. The number of esters is 1. The van der Waals surface area contributed by atoms with Crippen molar-refractivity contribution in [3.8, 4) is 11.4 Å². The van der Waals surface area contributed by atoms with Crippen molar-refractivity contribution in [3.05, 3.63) is 92.6 Å². The van der Waals surface area contributed by atoms with Crippen LogP contribution in [0, 0.1) is 11.8 Å².